The molecule has 0 aliphatic rings. The van der Waals surface area contributed by atoms with Crippen molar-refractivity contribution in [3.05, 3.63) is 0 Å². The summed E-state index contributed by atoms with van der Waals surface area (Å²) < 4.78 is 0. The van der Waals surface area contributed by atoms with Gasteiger partial charge in [0.2, 0.25) is 0 Å². The van der Waals surface area contributed by atoms with Gasteiger partial charge in [-0.3, -0.25) is 0 Å². The monoisotopic (exact) mass is 256 g/mol. The van der Waals surface area contributed by atoms with Crippen molar-refractivity contribution in [3.8, 4) is 0 Å². The first-order chi connectivity index (χ1) is 3.00. The summed E-state index contributed by atoms with van der Waals surface area (Å²) in [5.41, 5.74) is -0.500. The minimum atomic E-state index is -0.500. The summed E-state index contributed by atoms with van der Waals surface area (Å²) in [7, 11) is 0. The standard InChI is InChI=1S/C4H10O.CH4.HI.K/c1-4(2,3)5;;;/h5H,1-3H3;1H4;1H;/q;;;+1/p-1. The Morgan fingerprint density at radius 2 is 1.25 bits per heavy atom. The van der Waals surface area contributed by atoms with Crippen LogP contribution in [0.3, 0.4) is 0 Å². The van der Waals surface area contributed by atoms with E-state index >= 15 is 0 Å². The van der Waals surface area contributed by atoms with Crippen LogP contribution in [0.1, 0.15) is 28.2 Å². The summed E-state index contributed by atoms with van der Waals surface area (Å²) in [4.78, 5) is 0. The van der Waals surface area contributed by atoms with Crippen LogP contribution in [0.4, 0.5) is 0 Å². The minimum absolute atomic E-state index is 0. The van der Waals surface area contributed by atoms with E-state index in [2.05, 4.69) is 11.3 Å². The average Bonchev–Trinajstić information content (AvgIpc) is 1.36. The van der Waals surface area contributed by atoms with Crippen molar-refractivity contribution in [1.82, 2.24) is 0 Å². The van der Waals surface area contributed by atoms with Gasteiger partial charge in [-0.25, -0.2) is 0 Å². The van der Waals surface area contributed by atoms with E-state index in [-0.39, 0.29) is 7.43 Å². The zero-order valence-corrected chi connectivity index (χ0v) is 10.6. The van der Waals surface area contributed by atoms with Crippen LogP contribution in [0, 0.1) is 0 Å². The van der Waals surface area contributed by atoms with E-state index in [0.29, 0.717) is 0 Å². The van der Waals surface area contributed by atoms with Crippen molar-refractivity contribution >= 4 is 54.0 Å². The van der Waals surface area contributed by atoms with E-state index in [1.54, 1.807) is 20.8 Å². The van der Waals surface area contributed by atoms with Crippen molar-refractivity contribution in [2.24, 2.45) is 0 Å². The Balaban J connectivity index is -0.0000000750. The summed E-state index contributed by atoms with van der Waals surface area (Å²) in [6.07, 6.45) is 0. The molecule has 0 atom stereocenters. The molecule has 1 N–H and O–H groups in total. The first-order valence-electron chi connectivity index (χ1n) is 2.10. The summed E-state index contributed by atoms with van der Waals surface area (Å²) in [5.74, 6) is 0. The number of halogens is 1. The van der Waals surface area contributed by atoms with Gasteiger partial charge in [0.15, 0.2) is 0 Å². The molecule has 0 saturated heterocycles. The van der Waals surface area contributed by atoms with Crippen molar-refractivity contribution in [1.29, 1.82) is 0 Å². The van der Waals surface area contributed by atoms with Crippen molar-refractivity contribution in [2.75, 3.05) is 0 Å². The van der Waals surface area contributed by atoms with Gasteiger partial charge in [0.1, 0.15) is 0 Å². The Hall–Kier alpha value is 2.33. The molecule has 0 fully saturated rings. The van der Waals surface area contributed by atoms with Crippen molar-refractivity contribution < 1.29 is 5.11 Å². The third-order valence-electron chi connectivity index (χ3n) is 0. The third-order valence-corrected chi connectivity index (χ3v) is 0. The summed E-state index contributed by atoms with van der Waals surface area (Å²) in [6, 6.07) is 0. The fourth-order valence-electron chi connectivity index (χ4n) is 0. The topological polar surface area (TPSA) is 20.2 Å². The second-order valence-corrected chi connectivity index (χ2v) is 2.17. The molecule has 48 valence electrons. The Labute approximate surface area is 90.7 Å². The SMILES string of the molecule is C.CC(C)(C)O.[K][I]. The van der Waals surface area contributed by atoms with Gasteiger partial charge in [0.25, 0.3) is 0 Å². The average molecular weight is 256 g/mol. The molecule has 0 spiro atoms. The molecule has 0 amide bonds. The Morgan fingerprint density at radius 1 is 1.25 bits per heavy atom. The molecule has 0 unspecified atom stereocenters. The van der Waals surface area contributed by atoms with Crippen LogP contribution < -0.4 is 0 Å². The van der Waals surface area contributed by atoms with Crippen LogP contribution in [0.25, 0.3) is 0 Å². The van der Waals surface area contributed by atoms with Gasteiger partial charge in [-0.1, -0.05) is 7.43 Å². The first-order valence-corrected chi connectivity index (χ1v) is 12.2. The van der Waals surface area contributed by atoms with E-state index in [1.165, 1.54) is 0 Å². The van der Waals surface area contributed by atoms with Crippen LogP contribution in [0.2, 0.25) is 0 Å². The van der Waals surface area contributed by atoms with Gasteiger partial charge < -0.3 is 5.11 Å². The van der Waals surface area contributed by atoms with Crippen molar-refractivity contribution in [3.63, 3.8) is 0 Å². The molecule has 0 radical (unpaired) electrons. The molecule has 3 heteroatoms. The van der Waals surface area contributed by atoms with Gasteiger partial charge in [0, 0.05) is 0 Å². The van der Waals surface area contributed by atoms with Gasteiger partial charge in [0.05, 0.1) is 5.60 Å². The van der Waals surface area contributed by atoms with Gasteiger partial charge in [-0.2, -0.15) is 0 Å². The summed E-state index contributed by atoms with van der Waals surface area (Å²) in [5, 5.41) is 8.52. The quantitative estimate of drug-likeness (QED) is 0.518. The maximum atomic E-state index is 8.52. The van der Waals surface area contributed by atoms with E-state index in [0.717, 1.165) is 42.7 Å². The molecule has 8 heavy (non-hydrogen) atoms. The van der Waals surface area contributed by atoms with E-state index in [4.69, 9.17) is 5.11 Å². The molecule has 0 aliphatic heterocycles. The molecule has 0 aromatic heterocycles. The number of hydrogen-bond donors (Lipinski definition) is 1. The zero-order chi connectivity index (χ0) is 6.50. The summed E-state index contributed by atoms with van der Waals surface area (Å²) in [6.45, 7) is 5.23. The van der Waals surface area contributed by atoms with Gasteiger partial charge in [-0.05, 0) is 20.8 Å². The van der Waals surface area contributed by atoms with E-state index < -0.39 is 5.60 Å². The molecule has 0 aromatic carbocycles. The second-order valence-electron chi connectivity index (χ2n) is 2.17. The van der Waals surface area contributed by atoms with E-state index in [9.17, 15) is 0 Å². The molecular weight excluding hydrogens is 242 g/mol. The van der Waals surface area contributed by atoms with Crippen LogP contribution in [0.5, 0.6) is 0 Å². The molecule has 1 nitrogen and oxygen atoms in total. The Morgan fingerprint density at radius 3 is 1.25 bits per heavy atom. The van der Waals surface area contributed by atoms with Crippen LogP contribution >= 0.6 is 11.3 Å². The van der Waals surface area contributed by atoms with Crippen LogP contribution in [0.15, 0.2) is 0 Å². The maximum absolute atomic E-state index is 8.52. The molecular formula is C5H14IKO. The van der Waals surface area contributed by atoms with E-state index in [1.807, 2.05) is 0 Å². The van der Waals surface area contributed by atoms with Crippen LogP contribution in [-0.4, -0.2) is 53.4 Å². The predicted octanol–water partition coefficient (Wildman–Crippen LogP) is 1.92. The second kappa shape index (κ2) is 9.33. The summed E-state index contributed by atoms with van der Waals surface area (Å²) >= 11 is 3.37. The molecule has 0 rings (SSSR count). The molecule has 0 aliphatic carbocycles. The van der Waals surface area contributed by atoms with Gasteiger partial charge >= 0.3 is 54.0 Å². The fourth-order valence-corrected chi connectivity index (χ4v) is 0. The third kappa shape index (κ3) is 82.6. The van der Waals surface area contributed by atoms with Crippen molar-refractivity contribution in [2.45, 2.75) is 33.8 Å². The van der Waals surface area contributed by atoms with Gasteiger partial charge in [-0.15, -0.1) is 0 Å². The Kier molecular flexibility index (Phi) is 19.5. The van der Waals surface area contributed by atoms with Crippen LogP contribution in [-0.2, 0) is 0 Å². The molecule has 0 heterocycles. The first kappa shape index (κ1) is 16.7. The number of aliphatic hydroxyl groups is 1. The zero-order valence-electron chi connectivity index (χ0n) is 5.33. The number of rotatable bonds is 0. The Bertz CT molecular complexity index is 27.9. The molecule has 0 aromatic rings. The predicted molar refractivity (Wildman–Crippen MR) is 48.5 cm³/mol. The molecule has 0 saturated carbocycles. The molecule has 0 bridgehead atoms. The fraction of sp³-hybridized carbons (Fsp3) is 1.00. The normalized spacial score (nSPS) is 8.38. The number of hydrogen-bond acceptors (Lipinski definition) is 1.